The van der Waals surface area contributed by atoms with Crippen molar-refractivity contribution < 1.29 is 53.8 Å². The van der Waals surface area contributed by atoms with Gasteiger partial charge in [-0.2, -0.15) is 0 Å². The Kier molecular flexibility index (Phi) is 33.0. The van der Waals surface area contributed by atoms with Crippen molar-refractivity contribution in [2.24, 2.45) is 0 Å². The van der Waals surface area contributed by atoms with Gasteiger partial charge in [0, 0.05) is 12.8 Å². The van der Waals surface area contributed by atoms with Crippen molar-refractivity contribution in [2.75, 3.05) is 13.2 Å². The molecule has 0 amide bonds. The number of hydrogen-bond acceptors (Lipinski definition) is 10. The third-order valence-corrected chi connectivity index (χ3v) is 9.24. The molecule has 0 bridgehead atoms. The number of carboxylic acid groups (broad SMARTS) is 1. The number of aliphatic hydroxyl groups excluding tert-OH is 3. The fraction of sp³-hybridized carbons (Fsp3) is 0.638. The lowest BCUT2D eigenvalue weighted by Gasteiger charge is -2.38. The largest absolute Gasteiger partial charge is 0.479 e. The minimum atomic E-state index is -1.87. The number of hydrogen-bond donors (Lipinski definition) is 4. The van der Waals surface area contributed by atoms with Crippen LogP contribution in [0.25, 0.3) is 0 Å². The average molecular weight is 815 g/mol. The Labute approximate surface area is 348 Å². The molecule has 1 rings (SSSR count). The summed E-state index contributed by atoms with van der Waals surface area (Å²) in [4.78, 5) is 36.8. The fourth-order valence-electron chi connectivity index (χ4n) is 5.88. The summed E-state index contributed by atoms with van der Waals surface area (Å²) in [6, 6.07) is 0. The van der Waals surface area contributed by atoms with E-state index in [0.717, 1.165) is 103 Å². The SMILES string of the molecule is CC/C=C\C/C=C\C/C=C\C/C=C\CCCCCCC(=O)OCC(COC1OC(C(=O)O)C(O)C(O)C1O)OC(=O)CCCCCCC/C=C\C/C=C\C/C=C\CC. The quantitative estimate of drug-likeness (QED) is 0.0278. The van der Waals surface area contributed by atoms with Gasteiger partial charge in [-0.25, -0.2) is 4.79 Å². The molecule has 6 atom stereocenters. The molecule has 1 fully saturated rings. The van der Waals surface area contributed by atoms with Crippen molar-refractivity contribution >= 4 is 17.9 Å². The Morgan fingerprint density at radius 1 is 0.534 bits per heavy atom. The van der Waals surface area contributed by atoms with Crippen LogP contribution >= 0.6 is 0 Å². The third kappa shape index (κ3) is 27.9. The first-order valence-corrected chi connectivity index (χ1v) is 21.6. The van der Waals surface area contributed by atoms with Crippen molar-refractivity contribution in [2.45, 2.75) is 179 Å². The Hall–Kier alpha value is -3.61. The highest BCUT2D eigenvalue weighted by atomic mass is 16.7. The molecule has 0 radical (unpaired) electrons. The van der Waals surface area contributed by atoms with Crippen LogP contribution in [0.3, 0.4) is 0 Å². The van der Waals surface area contributed by atoms with Crippen molar-refractivity contribution in [1.82, 2.24) is 0 Å². The van der Waals surface area contributed by atoms with E-state index in [-0.39, 0.29) is 19.4 Å². The minimum absolute atomic E-state index is 0.152. The number of carbonyl (C=O) groups excluding carboxylic acids is 2. The average Bonchev–Trinajstić information content (AvgIpc) is 3.21. The molecule has 11 nitrogen and oxygen atoms in total. The number of aliphatic hydroxyl groups is 3. The van der Waals surface area contributed by atoms with E-state index in [2.05, 4.69) is 98.9 Å². The van der Waals surface area contributed by atoms with Crippen LogP contribution in [-0.4, -0.2) is 88.4 Å². The van der Waals surface area contributed by atoms with E-state index in [1.165, 1.54) is 0 Å². The van der Waals surface area contributed by atoms with Gasteiger partial charge in [0.1, 0.15) is 24.9 Å². The van der Waals surface area contributed by atoms with Gasteiger partial charge in [0.15, 0.2) is 18.5 Å². The van der Waals surface area contributed by atoms with Gasteiger partial charge in [-0.15, -0.1) is 0 Å². The molecular formula is C47H74O11. The molecule has 58 heavy (non-hydrogen) atoms. The number of carboxylic acids is 1. The number of rotatable bonds is 34. The van der Waals surface area contributed by atoms with Crippen LogP contribution in [0.15, 0.2) is 85.1 Å². The second-order valence-electron chi connectivity index (χ2n) is 14.4. The smallest absolute Gasteiger partial charge is 0.335 e. The zero-order valence-electron chi connectivity index (χ0n) is 35.2. The second-order valence-corrected chi connectivity index (χ2v) is 14.4. The summed E-state index contributed by atoms with van der Waals surface area (Å²) in [5.41, 5.74) is 0. The van der Waals surface area contributed by atoms with Crippen molar-refractivity contribution in [3.05, 3.63) is 85.1 Å². The summed E-state index contributed by atoms with van der Waals surface area (Å²) in [5.74, 6) is -2.51. The van der Waals surface area contributed by atoms with E-state index < -0.39 is 61.3 Å². The van der Waals surface area contributed by atoms with Gasteiger partial charge >= 0.3 is 17.9 Å². The van der Waals surface area contributed by atoms with E-state index in [1.807, 2.05) is 0 Å². The number of unbranched alkanes of at least 4 members (excludes halogenated alkanes) is 9. The number of carbonyl (C=O) groups is 3. The lowest BCUT2D eigenvalue weighted by atomic mass is 9.99. The maximum absolute atomic E-state index is 12.7. The maximum atomic E-state index is 12.7. The highest BCUT2D eigenvalue weighted by Gasteiger charge is 2.47. The first-order chi connectivity index (χ1) is 28.2. The monoisotopic (exact) mass is 815 g/mol. The molecule has 328 valence electrons. The van der Waals surface area contributed by atoms with Crippen LogP contribution in [0.2, 0.25) is 0 Å². The maximum Gasteiger partial charge on any atom is 0.335 e. The fourth-order valence-corrected chi connectivity index (χ4v) is 5.88. The molecule has 0 spiro atoms. The Morgan fingerprint density at radius 2 is 0.966 bits per heavy atom. The lowest BCUT2D eigenvalue weighted by Crippen LogP contribution is -2.60. The second kappa shape index (κ2) is 36.5. The molecule has 0 aromatic heterocycles. The highest BCUT2D eigenvalue weighted by molar-refractivity contribution is 5.73. The van der Waals surface area contributed by atoms with Gasteiger partial charge in [0.05, 0.1) is 6.61 Å². The highest BCUT2D eigenvalue weighted by Crippen LogP contribution is 2.23. The first-order valence-electron chi connectivity index (χ1n) is 21.6. The van der Waals surface area contributed by atoms with E-state index in [9.17, 15) is 34.8 Å². The molecular weight excluding hydrogens is 741 g/mol. The van der Waals surface area contributed by atoms with Crippen LogP contribution in [0, 0.1) is 0 Å². The predicted molar refractivity (Wildman–Crippen MR) is 229 cm³/mol. The lowest BCUT2D eigenvalue weighted by molar-refractivity contribution is -0.298. The van der Waals surface area contributed by atoms with Crippen molar-refractivity contribution in [3.8, 4) is 0 Å². The van der Waals surface area contributed by atoms with Crippen LogP contribution in [0.5, 0.6) is 0 Å². The molecule has 1 aliphatic rings. The van der Waals surface area contributed by atoms with Gasteiger partial charge in [-0.3, -0.25) is 9.59 Å². The summed E-state index contributed by atoms with van der Waals surface area (Å²) in [6.45, 7) is 3.53. The van der Waals surface area contributed by atoms with Crippen LogP contribution in [0.1, 0.15) is 142 Å². The normalized spacial score (nSPS) is 20.9. The van der Waals surface area contributed by atoms with Gasteiger partial charge < -0.3 is 39.4 Å². The summed E-state index contributed by atoms with van der Waals surface area (Å²) < 4.78 is 21.7. The molecule has 4 N–H and O–H groups in total. The summed E-state index contributed by atoms with van der Waals surface area (Å²) in [6.07, 6.45) is 37.7. The molecule has 0 aromatic rings. The molecule has 0 saturated carbocycles. The van der Waals surface area contributed by atoms with Gasteiger partial charge in [-0.05, 0) is 83.5 Å². The van der Waals surface area contributed by atoms with Gasteiger partial charge in [-0.1, -0.05) is 131 Å². The van der Waals surface area contributed by atoms with Gasteiger partial charge in [0.2, 0.25) is 0 Å². The predicted octanol–water partition coefficient (Wildman–Crippen LogP) is 9.09. The number of allylic oxidation sites excluding steroid dienone is 14. The topological polar surface area (TPSA) is 169 Å². The minimum Gasteiger partial charge on any atom is -0.479 e. The molecule has 1 saturated heterocycles. The number of ether oxygens (including phenoxy) is 4. The molecule has 0 aromatic carbocycles. The van der Waals surface area contributed by atoms with E-state index in [0.29, 0.717) is 12.8 Å². The van der Waals surface area contributed by atoms with Crippen LogP contribution in [-0.2, 0) is 33.3 Å². The molecule has 1 aliphatic heterocycles. The van der Waals surface area contributed by atoms with Crippen LogP contribution in [0.4, 0.5) is 0 Å². The van der Waals surface area contributed by atoms with Crippen LogP contribution < -0.4 is 0 Å². The number of aliphatic carboxylic acids is 1. The van der Waals surface area contributed by atoms with Crippen molar-refractivity contribution in [3.63, 3.8) is 0 Å². The Balaban J connectivity index is 2.43. The molecule has 11 heteroatoms. The summed E-state index contributed by atoms with van der Waals surface area (Å²) >= 11 is 0. The van der Waals surface area contributed by atoms with E-state index in [4.69, 9.17) is 18.9 Å². The Morgan fingerprint density at radius 3 is 1.45 bits per heavy atom. The standard InChI is InChI=1S/C47H74O11/c1-3-5-7-9-11-13-15-17-19-20-22-23-25-27-29-31-33-35-40(48)55-37-39(38-56-47-44(52)42(50)43(51)45(58-47)46(53)54)57-41(49)36-34-32-30-28-26-24-21-18-16-14-12-10-8-6-4-2/h5-8,11-14,17-19,21-23,39,42-45,47,50-52H,3-4,9-10,15-16,20,24-38H2,1-2H3,(H,53,54)/b7-5-,8-6-,13-11-,14-12-,19-17-,21-18-,23-22-. The summed E-state index contributed by atoms with van der Waals surface area (Å²) in [5, 5.41) is 39.8. The van der Waals surface area contributed by atoms with Gasteiger partial charge in [0.25, 0.3) is 0 Å². The third-order valence-electron chi connectivity index (χ3n) is 9.24. The van der Waals surface area contributed by atoms with E-state index >= 15 is 0 Å². The number of esters is 2. The molecule has 0 aliphatic carbocycles. The Bertz CT molecular complexity index is 1280. The zero-order chi connectivity index (χ0) is 42.5. The van der Waals surface area contributed by atoms with E-state index in [1.54, 1.807) is 0 Å². The van der Waals surface area contributed by atoms with Crippen molar-refractivity contribution in [1.29, 1.82) is 0 Å². The summed E-state index contributed by atoms with van der Waals surface area (Å²) in [7, 11) is 0. The first kappa shape index (κ1) is 52.4. The molecule has 6 unspecified atom stereocenters. The zero-order valence-corrected chi connectivity index (χ0v) is 35.2. The molecule has 1 heterocycles.